The summed E-state index contributed by atoms with van der Waals surface area (Å²) >= 11 is 15.0. The highest BCUT2D eigenvalue weighted by Crippen LogP contribution is 2.30. The van der Waals surface area contributed by atoms with Crippen LogP contribution >= 0.6 is 39.1 Å². The van der Waals surface area contributed by atoms with E-state index in [0.717, 1.165) is 19.3 Å². The van der Waals surface area contributed by atoms with Crippen LogP contribution in [0.3, 0.4) is 0 Å². The van der Waals surface area contributed by atoms with E-state index in [-0.39, 0.29) is 10.9 Å². The van der Waals surface area contributed by atoms with E-state index in [1.54, 1.807) is 6.07 Å². The lowest BCUT2D eigenvalue weighted by Gasteiger charge is -2.33. The normalized spacial score (nSPS) is 21.5. The Balaban J connectivity index is 2.37. The molecule has 7 heteroatoms. The van der Waals surface area contributed by atoms with Crippen LogP contribution in [-0.4, -0.2) is 31.2 Å². The number of halogens is 3. The van der Waals surface area contributed by atoms with Crippen LogP contribution in [0.15, 0.2) is 27.6 Å². The summed E-state index contributed by atoms with van der Waals surface area (Å²) in [6.45, 7) is 0.528. The second kappa shape index (κ2) is 6.31. The van der Waals surface area contributed by atoms with Crippen LogP contribution in [-0.2, 0) is 10.0 Å². The molecule has 0 radical (unpaired) electrons. The molecule has 0 saturated carbocycles. The largest absolute Gasteiger partial charge is 0.243 e. The molecule has 19 heavy (non-hydrogen) atoms. The molecule has 1 aliphatic heterocycles. The van der Waals surface area contributed by atoms with Crippen molar-refractivity contribution >= 4 is 49.2 Å². The van der Waals surface area contributed by atoms with E-state index in [0.29, 0.717) is 21.9 Å². The number of nitrogens with zero attached hydrogens (tertiary/aromatic N) is 1. The fourth-order valence-electron chi connectivity index (χ4n) is 2.22. The highest BCUT2D eigenvalue weighted by Gasteiger charge is 2.33. The minimum Gasteiger partial charge on any atom is -0.207 e. The predicted molar refractivity (Wildman–Crippen MR) is 81.4 cm³/mol. The van der Waals surface area contributed by atoms with Gasteiger partial charge < -0.3 is 0 Å². The Morgan fingerprint density at radius 2 is 2.11 bits per heavy atom. The van der Waals surface area contributed by atoms with Crippen LogP contribution in [0.5, 0.6) is 0 Å². The van der Waals surface area contributed by atoms with Crippen molar-refractivity contribution in [3.63, 3.8) is 0 Å². The smallest absolute Gasteiger partial charge is 0.207 e. The summed E-state index contributed by atoms with van der Waals surface area (Å²) in [5, 5.41) is 0.492. The fourth-order valence-corrected chi connectivity index (χ4v) is 4.99. The minimum absolute atomic E-state index is 0.116. The van der Waals surface area contributed by atoms with Gasteiger partial charge in [-0.3, -0.25) is 0 Å². The molecule has 3 nitrogen and oxygen atoms in total. The highest BCUT2D eigenvalue weighted by molar-refractivity contribution is 9.10. The number of hydrogen-bond donors (Lipinski definition) is 0. The van der Waals surface area contributed by atoms with Gasteiger partial charge >= 0.3 is 0 Å². The van der Waals surface area contributed by atoms with Gasteiger partial charge in [-0.1, -0.05) is 18.0 Å². The summed E-state index contributed by atoms with van der Waals surface area (Å²) < 4.78 is 27.3. The van der Waals surface area contributed by atoms with Crippen molar-refractivity contribution in [1.82, 2.24) is 4.31 Å². The Kier molecular flexibility index (Phi) is 5.17. The lowest BCUT2D eigenvalue weighted by molar-refractivity contribution is 0.271. The van der Waals surface area contributed by atoms with Crippen molar-refractivity contribution in [2.45, 2.75) is 30.2 Å². The van der Waals surface area contributed by atoms with E-state index < -0.39 is 10.0 Å². The van der Waals surface area contributed by atoms with Crippen LogP contribution in [0.2, 0.25) is 5.02 Å². The number of benzene rings is 1. The second-order valence-corrected chi connectivity index (χ2v) is 7.96. The third kappa shape index (κ3) is 3.27. The predicted octanol–water partition coefficient (Wildman–Crippen LogP) is 3.88. The van der Waals surface area contributed by atoms with Crippen LogP contribution in [0.1, 0.15) is 19.3 Å². The molecule has 0 bridgehead atoms. The van der Waals surface area contributed by atoms with Crippen LogP contribution < -0.4 is 0 Å². The molecule has 0 aromatic heterocycles. The summed E-state index contributed by atoms with van der Waals surface area (Å²) in [6.07, 6.45) is 2.71. The van der Waals surface area contributed by atoms with E-state index in [1.807, 2.05) is 0 Å². The third-order valence-electron chi connectivity index (χ3n) is 3.25. The first-order chi connectivity index (χ1) is 8.96. The number of hydrogen-bond acceptors (Lipinski definition) is 2. The zero-order valence-electron chi connectivity index (χ0n) is 10.2. The monoisotopic (exact) mass is 385 g/mol. The van der Waals surface area contributed by atoms with E-state index in [2.05, 4.69) is 15.9 Å². The van der Waals surface area contributed by atoms with Gasteiger partial charge in [-0.25, -0.2) is 8.42 Å². The lowest BCUT2D eigenvalue weighted by atomic mass is 10.1. The van der Waals surface area contributed by atoms with Gasteiger partial charge in [0.1, 0.15) is 0 Å². The molecule has 2 rings (SSSR count). The molecule has 1 unspecified atom stereocenters. The number of piperidine rings is 1. The standard InChI is InChI=1S/C12H14BrCl2NO2S/c13-11-7-10(4-5-12(11)15)19(17,18)16-6-2-1-3-9(16)8-14/h4-5,7,9H,1-3,6,8H2. The fraction of sp³-hybridized carbons (Fsp3) is 0.500. The molecule has 1 atom stereocenters. The maximum atomic E-state index is 12.6. The van der Waals surface area contributed by atoms with Gasteiger partial charge in [0.25, 0.3) is 0 Å². The van der Waals surface area contributed by atoms with E-state index in [1.165, 1.54) is 16.4 Å². The average molecular weight is 387 g/mol. The summed E-state index contributed by atoms with van der Waals surface area (Å²) in [7, 11) is -3.50. The summed E-state index contributed by atoms with van der Waals surface area (Å²) in [4.78, 5) is 0.251. The van der Waals surface area contributed by atoms with Crippen molar-refractivity contribution in [3.8, 4) is 0 Å². The van der Waals surface area contributed by atoms with Gasteiger partial charge in [-0.05, 0) is 47.0 Å². The summed E-state index contributed by atoms with van der Waals surface area (Å²) in [5.41, 5.74) is 0. The second-order valence-electron chi connectivity index (χ2n) is 4.50. The number of rotatable bonds is 3. The summed E-state index contributed by atoms with van der Waals surface area (Å²) in [5.74, 6) is 0.327. The van der Waals surface area contributed by atoms with Crippen molar-refractivity contribution < 1.29 is 8.42 Å². The van der Waals surface area contributed by atoms with E-state index in [4.69, 9.17) is 23.2 Å². The highest BCUT2D eigenvalue weighted by atomic mass is 79.9. The first kappa shape index (κ1) is 15.6. The Morgan fingerprint density at radius 3 is 2.74 bits per heavy atom. The molecule has 106 valence electrons. The van der Waals surface area contributed by atoms with Crippen molar-refractivity contribution in [1.29, 1.82) is 0 Å². The SMILES string of the molecule is O=S(=O)(c1ccc(Cl)c(Br)c1)N1CCCCC1CCl. The summed E-state index contributed by atoms with van der Waals surface area (Å²) in [6, 6.07) is 4.53. The van der Waals surface area contributed by atoms with Gasteiger partial charge in [0, 0.05) is 22.9 Å². The average Bonchev–Trinajstić information content (AvgIpc) is 2.41. The molecule has 1 heterocycles. The molecular formula is C12H14BrCl2NO2S. The molecule has 0 amide bonds. The molecule has 1 aromatic rings. The molecule has 0 N–H and O–H groups in total. The Labute approximate surface area is 132 Å². The lowest BCUT2D eigenvalue weighted by Crippen LogP contribution is -2.44. The van der Waals surface area contributed by atoms with Gasteiger partial charge in [0.2, 0.25) is 10.0 Å². The molecule has 0 aliphatic carbocycles. The van der Waals surface area contributed by atoms with Crippen LogP contribution in [0.25, 0.3) is 0 Å². The quantitative estimate of drug-likeness (QED) is 0.739. The van der Waals surface area contributed by atoms with Crippen molar-refractivity contribution in [2.75, 3.05) is 12.4 Å². The molecule has 1 fully saturated rings. The van der Waals surface area contributed by atoms with Crippen LogP contribution in [0.4, 0.5) is 0 Å². The number of sulfonamides is 1. The van der Waals surface area contributed by atoms with Crippen molar-refractivity contribution in [2.24, 2.45) is 0 Å². The Bertz CT molecular complexity index is 565. The van der Waals surface area contributed by atoms with Crippen molar-refractivity contribution in [3.05, 3.63) is 27.7 Å². The van der Waals surface area contributed by atoms with E-state index in [9.17, 15) is 8.42 Å². The Hall–Kier alpha value is 0.190. The first-order valence-electron chi connectivity index (χ1n) is 5.99. The zero-order valence-corrected chi connectivity index (χ0v) is 14.1. The van der Waals surface area contributed by atoms with Crippen LogP contribution in [0, 0.1) is 0 Å². The molecule has 1 aromatic carbocycles. The van der Waals surface area contributed by atoms with Gasteiger partial charge in [-0.15, -0.1) is 11.6 Å². The topological polar surface area (TPSA) is 37.4 Å². The van der Waals surface area contributed by atoms with Gasteiger partial charge in [-0.2, -0.15) is 4.31 Å². The molecule has 0 spiro atoms. The molecule has 1 saturated heterocycles. The number of alkyl halides is 1. The first-order valence-corrected chi connectivity index (χ1v) is 9.14. The minimum atomic E-state index is -3.50. The zero-order chi connectivity index (χ0) is 14.0. The maximum absolute atomic E-state index is 12.6. The molecular weight excluding hydrogens is 373 g/mol. The Morgan fingerprint density at radius 1 is 1.37 bits per heavy atom. The maximum Gasteiger partial charge on any atom is 0.243 e. The van der Waals surface area contributed by atoms with E-state index >= 15 is 0 Å². The molecule has 1 aliphatic rings. The third-order valence-corrected chi connectivity index (χ3v) is 6.77. The van der Waals surface area contributed by atoms with Gasteiger partial charge in [0.15, 0.2) is 0 Å². The van der Waals surface area contributed by atoms with Gasteiger partial charge in [0.05, 0.1) is 9.92 Å².